The van der Waals surface area contributed by atoms with Gasteiger partial charge in [-0.25, -0.2) is 14.8 Å². The van der Waals surface area contributed by atoms with Gasteiger partial charge in [-0.2, -0.15) is 0 Å². The number of hydrogen-bond donors (Lipinski definition) is 1. The Morgan fingerprint density at radius 2 is 1.92 bits per heavy atom. The van der Waals surface area contributed by atoms with E-state index in [0.717, 1.165) is 11.9 Å². The maximum atomic E-state index is 12.4. The molecule has 0 spiro atoms. The predicted octanol–water partition coefficient (Wildman–Crippen LogP) is 2.38. The summed E-state index contributed by atoms with van der Waals surface area (Å²) < 4.78 is 12.1. The number of fused-ring (bicyclic) bond motifs is 2. The summed E-state index contributed by atoms with van der Waals surface area (Å²) in [7, 11) is 1.61. The first-order valence-electron chi connectivity index (χ1n) is 7.87. The fraction of sp³-hybridized carbons (Fsp3) is 0.353. The summed E-state index contributed by atoms with van der Waals surface area (Å²) >= 11 is 0. The molecule has 0 unspecified atom stereocenters. The zero-order valence-electron chi connectivity index (χ0n) is 13.8. The van der Waals surface area contributed by atoms with E-state index < -0.39 is 5.97 Å². The van der Waals surface area contributed by atoms with E-state index >= 15 is 0 Å². The van der Waals surface area contributed by atoms with Crippen LogP contribution in [0.25, 0.3) is 22.2 Å². The van der Waals surface area contributed by atoms with Crippen LogP contribution in [0.5, 0.6) is 0 Å². The molecule has 0 fully saturated rings. The van der Waals surface area contributed by atoms with Crippen molar-refractivity contribution in [1.82, 2.24) is 14.5 Å². The lowest BCUT2D eigenvalue weighted by molar-refractivity contribution is 0.0508. The highest BCUT2D eigenvalue weighted by molar-refractivity contribution is 6.08. The van der Waals surface area contributed by atoms with Crippen molar-refractivity contribution in [2.24, 2.45) is 0 Å². The molecule has 0 bridgehead atoms. The van der Waals surface area contributed by atoms with Crippen LogP contribution < -0.4 is 5.73 Å². The molecular formula is C17H20N4O3. The number of ether oxygens (including phenoxy) is 2. The highest BCUT2D eigenvalue weighted by atomic mass is 16.5. The molecule has 0 amide bonds. The van der Waals surface area contributed by atoms with Gasteiger partial charge in [0, 0.05) is 13.7 Å². The third-order valence-electron chi connectivity index (χ3n) is 3.75. The van der Waals surface area contributed by atoms with E-state index in [1.54, 1.807) is 11.7 Å². The summed E-state index contributed by atoms with van der Waals surface area (Å²) in [4.78, 5) is 21.7. The number of carbonyl (C=O) groups excluding carboxylic acids is 1. The average Bonchev–Trinajstić information content (AvgIpc) is 2.86. The summed E-state index contributed by atoms with van der Waals surface area (Å²) in [5, 5.41) is 0. The number of nitrogens with zero attached hydrogens (tertiary/aromatic N) is 3. The lowest BCUT2D eigenvalue weighted by atomic mass is 10.2. The van der Waals surface area contributed by atoms with Crippen LogP contribution in [0, 0.1) is 0 Å². The van der Waals surface area contributed by atoms with Gasteiger partial charge in [-0.15, -0.1) is 0 Å². The Bertz CT molecular complexity index is 888. The van der Waals surface area contributed by atoms with E-state index in [1.165, 1.54) is 0 Å². The maximum Gasteiger partial charge on any atom is 0.344 e. The fourth-order valence-corrected chi connectivity index (χ4v) is 2.59. The summed E-state index contributed by atoms with van der Waals surface area (Å²) in [6.45, 7) is 3.20. The molecule has 7 nitrogen and oxygen atoms in total. The molecule has 0 saturated carbocycles. The minimum Gasteiger partial charge on any atom is -0.462 e. The first-order chi connectivity index (χ1) is 11.7. The van der Waals surface area contributed by atoms with Crippen LogP contribution in [0.3, 0.4) is 0 Å². The predicted molar refractivity (Wildman–Crippen MR) is 91.9 cm³/mol. The van der Waals surface area contributed by atoms with Gasteiger partial charge in [0.05, 0.1) is 24.2 Å². The van der Waals surface area contributed by atoms with E-state index in [2.05, 4.69) is 9.97 Å². The molecule has 24 heavy (non-hydrogen) atoms. The normalized spacial score (nSPS) is 11.2. The van der Waals surface area contributed by atoms with Crippen molar-refractivity contribution in [1.29, 1.82) is 0 Å². The number of esters is 1. The van der Waals surface area contributed by atoms with Crippen molar-refractivity contribution < 1.29 is 14.3 Å². The van der Waals surface area contributed by atoms with Gasteiger partial charge < -0.3 is 19.8 Å². The molecule has 126 valence electrons. The number of anilines is 1. The van der Waals surface area contributed by atoms with E-state index in [-0.39, 0.29) is 5.56 Å². The van der Waals surface area contributed by atoms with Crippen molar-refractivity contribution in [3.05, 3.63) is 29.8 Å². The minimum absolute atomic E-state index is 0.271. The van der Waals surface area contributed by atoms with Crippen molar-refractivity contribution in [3.63, 3.8) is 0 Å². The Kier molecular flexibility index (Phi) is 4.61. The highest BCUT2D eigenvalue weighted by Crippen LogP contribution is 2.28. The number of carbonyl (C=O) groups is 1. The first kappa shape index (κ1) is 16.2. The summed E-state index contributed by atoms with van der Waals surface area (Å²) in [6, 6.07) is 7.50. The van der Waals surface area contributed by atoms with Gasteiger partial charge in [-0.3, -0.25) is 0 Å². The van der Waals surface area contributed by atoms with E-state index in [0.29, 0.717) is 42.3 Å². The molecule has 3 rings (SSSR count). The molecular weight excluding hydrogens is 308 g/mol. The van der Waals surface area contributed by atoms with Crippen LogP contribution in [0.2, 0.25) is 0 Å². The standard InChI is InChI=1S/C17H20N4O3/c1-3-9-24-17(22)13-14-16(21(15(13)18)8-10-23-2)20-12-7-5-4-6-11(12)19-14/h4-7H,3,8-10,18H2,1-2H3. The first-order valence-corrected chi connectivity index (χ1v) is 7.87. The second-order valence-corrected chi connectivity index (χ2v) is 5.43. The lowest BCUT2D eigenvalue weighted by Crippen LogP contribution is -2.12. The molecule has 0 atom stereocenters. The van der Waals surface area contributed by atoms with Crippen LogP contribution >= 0.6 is 0 Å². The Balaban J connectivity index is 2.22. The van der Waals surface area contributed by atoms with Gasteiger partial charge in [0.2, 0.25) is 0 Å². The smallest absolute Gasteiger partial charge is 0.344 e. The Morgan fingerprint density at radius 3 is 2.58 bits per heavy atom. The molecule has 3 aromatic rings. The van der Waals surface area contributed by atoms with Gasteiger partial charge in [0.15, 0.2) is 5.65 Å². The monoisotopic (exact) mass is 328 g/mol. The van der Waals surface area contributed by atoms with E-state index in [9.17, 15) is 4.79 Å². The molecule has 1 aromatic carbocycles. The number of benzene rings is 1. The zero-order valence-corrected chi connectivity index (χ0v) is 13.8. The van der Waals surface area contributed by atoms with Crippen LogP contribution in [-0.4, -0.2) is 40.8 Å². The fourth-order valence-electron chi connectivity index (χ4n) is 2.59. The lowest BCUT2D eigenvalue weighted by Gasteiger charge is -2.07. The number of rotatable bonds is 6. The van der Waals surface area contributed by atoms with Gasteiger partial charge in [0.1, 0.15) is 16.9 Å². The Hall–Kier alpha value is -2.67. The van der Waals surface area contributed by atoms with Gasteiger partial charge in [-0.05, 0) is 18.6 Å². The highest BCUT2D eigenvalue weighted by Gasteiger charge is 2.24. The van der Waals surface area contributed by atoms with Crippen molar-refractivity contribution in [2.45, 2.75) is 19.9 Å². The van der Waals surface area contributed by atoms with Gasteiger partial charge >= 0.3 is 5.97 Å². The van der Waals surface area contributed by atoms with E-state index in [1.807, 2.05) is 31.2 Å². The molecule has 0 saturated heterocycles. The summed E-state index contributed by atoms with van der Waals surface area (Å²) in [6.07, 6.45) is 0.739. The zero-order chi connectivity index (χ0) is 17.1. The van der Waals surface area contributed by atoms with E-state index in [4.69, 9.17) is 15.2 Å². The Morgan fingerprint density at radius 1 is 1.21 bits per heavy atom. The molecule has 0 aliphatic rings. The molecule has 2 aromatic heterocycles. The quantitative estimate of drug-likeness (QED) is 0.698. The molecule has 7 heteroatoms. The molecule has 0 radical (unpaired) electrons. The largest absolute Gasteiger partial charge is 0.462 e. The number of methoxy groups -OCH3 is 1. The third-order valence-corrected chi connectivity index (χ3v) is 3.75. The van der Waals surface area contributed by atoms with Gasteiger partial charge in [0.25, 0.3) is 0 Å². The number of para-hydroxylation sites is 2. The van der Waals surface area contributed by atoms with Crippen molar-refractivity contribution in [3.8, 4) is 0 Å². The van der Waals surface area contributed by atoms with Crippen LogP contribution in [0.1, 0.15) is 23.7 Å². The van der Waals surface area contributed by atoms with Crippen molar-refractivity contribution >= 4 is 34.0 Å². The number of hydrogen-bond acceptors (Lipinski definition) is 6. The second-order valence-electron chi connectivity index (χ2n) is 5.43. The SMILES string of the molecule is CCCOC(=O)c1c(N)n(CCOC)c2nc3ccccc3nc12. The average molecular weight is 328 g/mol. The summed E-state index contributed by atoms with van der Waals surface area (Å²) in [5.74, 6) is -0.168. The maximum absolute atomic E-state index is 12.4. The summed E-state index contributed by atoms with van der Waals surface area (Å²) in [5.41, 5.74) is 8.97. The number of aromatic nitrogens is 3. The number of nitrogens with two attached hydrogens (primary N) is 1. The Labute approximate surface area is 139 Å². The topological polar surface area (TPSA) is 92.3 Å². The molecule has 0 aliphatic carbocycles. The number of nitrogen functional groups attached to an aromatic ring is 1. The third kappa shape index (κ3) is 2.78. The molecule has 2 heterocycles. The minimum atomic E-state index is -0.472. The van der Waals surface area contributed by atoms with Crippen LogP contribution in [-0.2, 0) is 16.0 Å². The van der Waals surface area contributed by atoms with Gasteiger partial charge in [-0.1, -0.05) is 19.1 Å². The van der Waals surface area contributed by atoms with Crippen molar-refractivity contribution in [2.75, 3.05) is 26.1 Å². The second kappa shape index (κ2) is 6.84. The molecule has 0 aliphatic heterocycles. The molecule has 2 N–H and O–H groups in total. The van der Waals surface area contributed by atoms with Crippen LogP contribution in [0.15, 0.2) is 24.3 Å². The van der Waals surface area contributed by atoms with Crippen LogP contribution in [0.4, 0.5) is 5.82 Å².